The Labute approximate surface area is 130 Å². The van der Waals surface area contributed by atoms with Gasteiger partial charge in [-0.25, -0.2) is 0 Å². The van der Waals surface area contributed by atoms with Crippen molar-refractivity contribution in [1.29, 1.82) is 0 Å². The van der Waals surface area contributed by atoms with Crippen molar-refractivity contribution in [3.63, 3.8) is 0 Å². The number of H-pyrrole nitrogens is 1. The van der Waals surface area contributed by atoms with E-state index in [1.165, 1.54) is 0 Å². The first-order valence-corrected chi connectivity index (χ1v) is 7.43. The number of ether oxygens (including phenoxy) is 1. The second kappa shape index (κ2) is 5.87. The number of morpholine rings is 1. The van der Waals surface area contributed by atoms with Gasteiger partial charge in [0.2, 0.25) is 5.95 Å². The summed E-state index contributed by atoms with van der Waals surface area (Å²) in [6.45, 7) is 2.62. The monoisotopic (exact) mass is 350 g/mol. The predicted octanol–water partition coefficient (Wildman–Crippen LogP) is 1.62. The van der Waals surface area contributed by atoms with Gasteiger partial charge in [-0.2, -0.15) is 4.98 Å². The first-order valence-electron chi connectivity index (χ1n) is 6.64. The Kier molecular flexibility index (Phi) is 3.94. The number of halogens is 1. The molecular formula is C14H15BrN4O2. The Bertz CT molecular complexity index is 710. The zero-order valence-corrected chi connectivity index (χ0v) is 12.9. The lowest BCUT2D eigenvalue weighted by molar-refractivity contribution is 0.122. The summed E-state index contributed by atoms with van der Waals surface area (Å²) in [5.74, 6) is 0.726. The smallest absolute Gasteiger partial charge is 0.262 e. The molecule has 0 bridgehead atoms. The largest absolute Gasteiger partial charge is 0.383 e. The molecule has 2 heterocycles. The van der Waals surface area contributed by atoms with Crippen LogP contribution in [0.2, 0.25) is 0 Å². The SMILES string of the molecule is Nc1nc(N2CCOCC2)[nH]c(=O)c1-c1ccccc1Br. The van der Waals surface area contributed by atoms with Crippen molar-refractivity contribution in [2.24, 2.45) is 0 Å². The molecule has 1 fully saturated rings. The summed E-state index contributed by atoms with van der Waals surface area (Å²) in [6, 6.07) is 7.44. The molecule has 7 heteroatoms. The van der Waals surface area contributed by atoms with Crippen LogP contribution in [0.4, 0.5) is 11.8 Å². The highest BCUT2D eigenvalue weighted by atomic mass is 79.9. The van der Waals surface area contributed by atoms with Crippen LogP contribution in [0, 0.1) is 0 Å². The molecule has 0 aliphatic carbocycles. The fourth-order valence-corrected chi connectivity index (χ4v) is 2.81. The minimum Gasteiger partial charge on any atom is -0.383 e. The highest BCUT2D eigenvalue weighted by molar-refractivity contribution is 9.10. The number of anilines is 2. The van der Waals surface area contributed by atoms with Crippen molar-refractivity contribution in [3.05, 3.63) is 39.1 Å². The Morgan fingerprint density at radius 2 is 2.00 bits per heavy atom. The summed E-state index contributed by atoms with van der Waals surface area (Å²) >= 11 is 3.43. The van der Waals surface area contributed by atoms with Crippen molar-refractivity contribution in [3.8, 4) is 11.1 Å². The van der Waals surface area contributed by atoms with E-state index >= 15 is 0 Å². The Morgan fingerprint density at radius 1 is 1.29 bits per heavy atom. The molecule has 0 unspecified atom stereocenters. The minimum atomic E-state index is -0.240. The average molecular weight is 351 g/mol. The molecule has 0 atom stereocenters. The molecule has 21 heavy (non-hydrogen) atoms. The number of nitrogens with one attached hydrogen (secondary N) is 1. The van der Waals surface area contributed by atoms with E-state index in [2.05, 4.69) is 25.9 Å². The molecule has 1 aromatic carbocycles. The van der Waals surface area contributed by atoms with Gasteiger partial charge in [0.15, 0.2) is 0 Å². The van der Waals surface area contributed by atoms with E-state index < -0.39 is 0 Å². The van der Waals surface area contributed by atoms with Gasteiger partial charge >= 0.3 is 0 Å². The van der Waals surface area contributed by atoms with Crippen molar-refractivity contribution in [1.82, 2.24) is 9.97 Å². The molecule has 1 aliphatic rings. The van der Waals surface area contributed by atoms with Gasteiger partial charge in [-0.3, -0.25) is 9.78 Å². The number of nitrogen functional groups attached to an aromatic ring is 1. The van der Waals surface area contributed by atoms with Gasteiger partial charge in [-0.15, -0.1) is 0 Å². The molecule has 1 aromatic heterocycles. The van der Waals surface area contributed by atoms with E-state index in [4.69, 9.17) is 10.5 Å². The van der Waals surface area contributed by atoms with E-state index in [0.29, 0.717) is 37.8 Å². The summed E-state index contributed by atoms with van der Waals surface area (Å²) in [7, 11) is 0. The lowest BCUT2D eigenvalue weighted by Gasteiger charge is -2.27. The Hall–Kier alpha value is -1.86. The van der Waals surface area contributed by atoms with E-state index in [1.54, 1.807) is 0 Å². The van der Waals surface area contributed by atoms with Crippen LogP contribution in [-0.4, -0.2) is 36.3 Å². The van der Waals surface area contributed by atoms with Crippen molar-refractivity contribution < 1.29 is 4.74 Å². The zero-order valence-electron chi connectivity index (χ0n) is 11.3. The number of aromatic amines is 1. The molecule has 110 valence electrons. The summed E-state index contributed by atoms with van der Waals surface area (Å²) in [4.78, 5) is 21.5. The van der Waals surface area contributed by atoms with Gasteiger partial charge in [0.25, 0.3) is 5.56 Å². The Morgan fingerprint density at radius 3 is 2.67 bits per heavy atom. The highest BCUT2D eigenvalue weighted by Crippen LogP contribution is 2.29. The molecular weight excluding hydrogens is 336 g/mol. The second-order valence-corrected chi connectivity index (χ2v) is 5.58. The lowest BCUT2D eigenvalue weighted by Crippen LogP contribution is -2.38. The average Bonchev–Trinajstić information content (AvgIpc) is 2.49. The third-order valence-corrected chi connectivity index (χ3v) is 4.08. The third-order valence-electron chi connectivity index (χ3n) is 3.39. The predicted molar refractivity (Wildman–Crippen MR) is 85.4 cm³/mol. The van der Waals surface area contributed by atoms with Crippen LogP contribution in [0.5, 0.6) is 0 Å². The van der Waals surface area contributed by atoms with Crippen LogP contribution in [0.1, 0.15) is 0 Å². The van der Waals surface area contributed by atoms with Crippen LogP contribution in [0.15, 0.2) is 33.5 Å². The van der Waals surface area contributed by atoms with E-state index in [0.717, 1.165) is 10.0 Å². The topological polar surface area (TPSA) is 84.2 Å². The molecule has 1 aliphatic heterocycles. The van der Waals surface area contributed by atoms with Gasteiger partial charge in [0.1, 0.15) is 5.82 Å². The normalized spacial score (nSPS) is 15.2. The van der Waals surface area contributed by atoms with Gasteiger partial charge in [0, 0.05) is 23.1 Å². The first-order chi connectivity index (χ1) is 10.2. The van der Waals surface area contributed by atoms with E-state index in [-0.39, 0.29) is 11.4 Å². The quantitative estimate of drug-likeness (QED) is 0.859. The maximum atomic E-state index is 12.4. The van der Waals surface area contributed by atoms with Gasteiger partial charge < -0.3 is 15.4 Å². The number of hydrogen-bond acceptors (Lipinski definition) is 5. The standard InChI is InChI=1S/C14H15BrN4O2/c15-10-4-2-1-3-9(10)11-12(16)17-14(18-13(11)20)19-5-7-21-8-6-19/h1-4H,5-8H2,(H3,16,17,18,20). The lowest BCUT2D eigenvalue weighted by atomic mass is 10.1. The van der Waals surface area contributed by atoms with Crippen LogP contribution in [0.3, 0.4) is 0 Å². The third kappa shape index (κ3) is 2.79. The number of nitrogens with two attached hydrogens (primary N) is 1. The number of hydrogen-bond donors (Lipinski definition) is 2. The molecule has 3 N–H and O–H groups in total. The second-order valence-electron chi connectivity index (χ2n) is 4.73. The molecule has 0 amide bonds. The molecule has 1 saturated heterocycles. The van der Waals surface area contributed by atoms with Crippen LogP contribution in [0.25, 0.3) is 11.1 Å². The fourth-order valence-electron chi connectivity index (χ4n) is 2.33. The van der Waals surface area contributed by atoms with Crippen molar-refractivity contribution in [2.75, 3.05) is 36.9 Å². The maximum Gasteiger partial charge on any atom is 0.262 e. The van der Waals surface area contributed by atoms with Gasteiger partial charge in [-0.1, -0.05) is 34.1 Å². The molecule has 0 radical (unpaired) electrons. The summed E-state index contributed by atoms with van der Waals surface area (Å²) < 4.78 is 6.10. The van der Waals surface area contributed by atoms with E-state index in [9.17, 15) is 4.79 Å². The number of nitrogens with zero attached hydrogens (tertiary/aromatic N) is 2. The number of rotatable bonds is 2. The molecule has 0 saturated carbocycles. The molecule has 2 aromatic rings. The number of benzene rings is 1. The highest BCUT2D eigenvalue weighted by Gasteiger charge is 2.18. The maximum absolute atomic E-state index is 12.4. The van der Waals surface area contributed by atoms with Crippen LogP contribution < -0.4 is 16.2 Å². The summed E-state index contributed by atoms with van der Waals surface area (Å²) in [6.07, 6.45) is 0. The van der Waals surface area contributed by atoms with Crippen LogP contribution in [-0.2, 0) is 4.74 Å². The minimum absolute atomic E-state index is 0.229. The fraction of sp³-hybridized carbons (Fsp3) is 0.286. The Balaban J connectivity index is 2.05. The molecule has 6 nitrogen and oxygen atoms in total. The molecule has 0 spiro atoms. The van der Waals surface area contributed by atoms with Gasteiger partial charge in [0.05, 0.1) is 18.8 Å². The number of aromatic nitrogens is 2. The first kappa shape index (κ1) is 14.1. The van der Waals surface area contributed by atoms with Crippen LogP contribution >= 0.6 is 15.9 Å². The van der Waals surface area contributed by atoms with E-state index in [1.807, 2.05) is 29.2 Å². The zero-order chi connectivity index (χ0) is 14.8. The van der Waals surface area contributed by atoms with Gasteiger partial charge in [-0.05, 0) is 6.07 Å². The summed E-state index contributed by atoms with van der Waals surface area (Å²) in [5.41, 5.74) is 6.90. The molecule has 3 rings (SSSR count). The van der Waals surface area contributed by atoms with Crippen molar-refractivity contribution >= 4 is 27.7 Å². The summed E-state index contributed by atoms with van der Waals surface area (Å²) in [5, 5.41) is 0. The van der Waals surface area contributed by atoms with Crippen molar-refractivity contribution in [2.45, 2.75) is 0 Å².